The molecule has 1 aliphatic carbocycles. The molecular formula is C14H18OS. The summed E-state index contributed by atoms with van der Waals surface area (Å²) in [5.74, 6) is 0.233. The van der Waals surface area contributed by atoms with E-state index in [1.165, 1.54) is 30.6 Å². The van der Waals surface area contributed by atoms with Crippen LogP contribution in [0.15, 0.2) is 29.2 Å². The minimum absolute atomic E-state index is 0.233. The second-order valence-corrected chi connectivity index (χ2v) is 5.92. The SMILES string of the molecule is CC(=O)Cc1ccc(SC2CCCC2)cc1. The standard InChI is InChI=1S/C14H18OS/c1-11(15)10-12-6-8-14(9-7-12)16-13-4-2-3-5-13/h6-9,13H,2-5,10H2,1H3. The van der Waals surface area contributed by atoms with Gasteiger partial charge in [-0.05, 0) is 37.5 Å². The van der Waals surface area contributed by atoms with Gasteiger partial charge in [-0.25, -0.2) is 0 Å². The normalized spacial score (nSPS) is 16.6. The van der Waals surface area contributed by atoms with Crippen molar-refractivity contribution in [1.29, 1.82) is 0 Å². The summed E-state index contributed by atoms with van der Waals surface area (Å²) in [5, 5.41) is 0.818. The topological polar surface area (TPSA) is 17.1 Å². The zero-order chi connectivity index (χ0) is 11.4. The summed E-state index contributed by atoms with van der Waals surface area (Å²) in [4.78, 5) is 12.3. The fourth-order valence-corrected chi connectivity index (χ4v) is 3.42. The van der Waals surface area contributed by atoms with E-state index < -0.39 is 0 Å². The maximum Gasteiger partial charge on any atom is 0.134 e. The monoisotopic (exact) mass is 234 g/mol. The predicted molar refractivity (Wildman–Crippen MR) is 68.9 cm³/mol. The van der Waals surface area contributed by atoms with Gasteiger partial charge in [-0.1, -0.05) is 25.0 Å². The van der Waals surface area contributed by atoms with Crippen LogP contribution in [0.5, 0.6) is 0 Å². The predicted octanol–water partition coefficient (Wildman–Crippen LogP) is 3.85. The number of ketones is 1. The van der Waals surface area contributed by atoms with Crippen molar-refractivity contribution in [3.05, 3.63) is 29.8 Å². The van der Waals surface area contributed by atoms with Crippen LogP contribution in [0.4, 0.5) is 0 Å². The molecule has 1 nitrogen and oxygen atoms in total. The van der Waals surface area contributed by atoms with Crippen molar-refractivity contribution in [2.45, 2.75) is 49.2 Å². The molecule has 86 valence electrons. The number of Topliss-reactive ketones (excluding diaryl/α,β-unsaturated/α-hetero) is 1. The molecule has 0 aromatic heterocycles. The Balaban J connectivity index is 1.93. The number of hydrogen-bond donors (Lipinski definition) is 0. The summed E-state index contributed by atoms with van der Waals surface area (Å²) in [5.41, 5.74) is 1.13. The molecule has 0 atom stereocenters. The van der Waals surface area contributed by atoms with Gasteiger partial charge in [0.15, 0.2) is 0 Å². The lowest BCUT2D eigenvalue weighted by atomic mass is 10.1. The van der Waals surface area contributed by atoms with Gasteiger partial charge in [-0.15, -0.1) is 11.8 Å². The second kappa shape index (κ2) is 5.53. The maximum absolute atomic E-state index is 11.0. The smallest absolute Gasteiger partial charge is 0.134 e. The lowest BCUT2D eigenvalue weighted by Crippen LogP contribution is -1.96. The van der Waals surface area contributed by atoms with Crippen LogP contribution in [0.3, 0.4) is 0 Å². The van der Waals surface area contributed by atoms with Crippen LogP contribution >= 0.6 is 11.8 Å². The highest BCUT2D eigenvalue weighted by Gasteiger charge is 2.15. The summed E-state index contributed by atoms with van der Waals surface area (Å²) in [6, 6.07) is 8.47. The fourth-order valence-electron chi connectivity index (χ4n) is 2.17. The average molecular weight is 234 g/mol. The highest BCUT2D eigenvalue weighted by Crippen LogP contribution is 2.34. The zero-order valence-electron chi connectivity index (χ0n) is 9.74. The van der Waals surface area contributed by atoms with Gasteiger partial charge in [0, 0.05) is 16.6 Å². The van der Waals surface area contributed by atoms with Crippen molar-refractivity contribution in [3.63, 3.8) is 0 Å². The Hall–Kier alpha value is -0.760. The third-order valence-corrected chi connectivity index (χ3v) is 4.33. The van der Waals surface area contributed by atoms with Crippen LogP contribution in [0.2, 0.25) is 0 Å². The van der Waals surface area contributed by atoms with Gasteiger partial charge in [-0.2, -0.15) is 0 Å². The van der Waals surface area contributed by atoms with Crippen LogP contribution in [-0.2, 0) is 11.2 Å². The first kappa shape index (κ1) is 11.7. The van der Waals surface area contributed by atoms with Crippen molar-refractivity contribution in [2.75, 3.05) is 0 Å². The lowest BCUT2D eigenvalue weighted by molar-refractivity contribution is -0.116. The minimum atomic E-state index is 0.233. The summed E-state index contributed by atoms with van der Waals surface area (Å²) < 4.78 is 0. The molecule has 0 unspecified atom stereocenters. The molecule has 0 radical (unpaired) electrons. The minimum Gasteiger partial charge on any atom is -0.300 e. The Bertz CT molecular complexity index is 350. The number of benzene rings is 1. The van der Waals surface area contributed by atoms with Gasteiger partial charge >= 0.3 is 0 Å². The highest BCUT2D eigenvalue weighted by atomic mass is 32.2. The van der Waals surface area contributed by atoms with Crippen molar-refractivity contribution in [3.8, 4) is 0 Å². The van der Waals surface area contributed by atoms with Gasteiger partial charge in [0.05, 0.1) is 0 Å². The number of thioether (sulfide) groups is 1. The van der Waals surface area contributed by atoms with E-state index in [0.29, 0.717) is 6.42 Å². The molecule has 0 N–H and O–H groups in total. The Morgan fingerprint density at radius 1 is 1.25 bits per heavy atom. The Morgan fingerprint density at radius 2 is 1.88 bits per heavy atom. The number of carbonyl (C=O) groups excluding carboxylic acids is 1. The molecule has 1 aromatic carbocycles. The van der Waals surface area contributed by atoms with Crippen LogP contribution < -0.4 is 0 Å². The molecule has 0 bridgehead atoms. The lowest BCUT2D eigenvalue weighted by Gasteiger charge is -2.08. The molecule has 1 fully saturated rings. The van der Waals surface area contributed by atoms with Crippen LogP contribution in [-0.4, -0.2) is 11.0 Å². The molecule has 1 saturated carbocycles. The van der Waals surface area contributed by atoms with Crippen molar-refractivity contribution < 1.29 is 4.79 Å². The molecule has 1 aromatic rings. The van der Waals surface area contributed by atoms with E-state index in [-0.39, 0.29) is 5.78 Å². The van der Waals surface area contributed by atoms with Gasteiger partial charge in [0.2, 0.25) is 0 Å². The average Bonchev–Trinajstić information content (AvgIpc) is 2.73. The molecule has 0 saturated heterocycles. The van der Waals surface area contributed by atoms with E-state index in [2.05, 4.69) is 24.3 Å². The quantitative estimate of drug-likeness (QED) is 0.787. The highest BCUT2D eigenvalue weighted by molar-refractivity contribution is 8.00. The molecular weight excluding hydrogens is 216 g/mol. The maximum atomic E-state index is 11.0. The molecule has 2 rings (SSSR count). The van der Waals surface area contributed by atoms with E-state index in [1.54, 1.807) is 6.92 Å². The first-order chi connectivity index (χ1) is 7.74. The van der Waals surface area contributed by atoms with E-state index in [1.807, 2.05) is 11.8 Å². The van der Waals surface area contributed by atoms with Crippen molar-refractivity contribution in [2.24, 2.45) is 0 Å². The largest absolute Gasteiger partial charge is 0.300 e. The Labute approximate surface area is 102 Å². The molecule has 1 aliphatic rings. The van der Waals surface area contributed by atoms with Crippen LogP contribution in [0, 0.1) is 0 Å². The molecule has 16 heavy (non-hydrogen) atoms. The van der Waals surface area contributed by atoms with Gasteiger partial charge in [0.25, 0.3) is 0 Å². The summed E-state index contributed by atoms with van der Waals surface area (Å²) in [7, 11) is 0. The van der Waals surface area contributed by atoms with Crippen molar-refractivity contribution >= 4 is 17.5 Å². The Kier molecular flexibility index (Phi) is 4.05. The third-order valence-electron chi connectivity index (χ3n) is 2.98. The molecule has 0 spiro atoms. The van der Waals surface area contributed by atoms with Crippen molar-refractivity contribution in [1.82, 2.24) is 0 Å². The van der Waals surface area contributed by atoms with E-state index in [4.69, 9.17) is 0 Å². The van der Waals surface area contributed by atoms with E-state index in [0.717, 1.165) is 10.8 Å². The van der Waals surface area contributed by atoms with Gasteiger partial charge < -0.3 is 0 Å². The van der Waals surface area contributed by atoms with E-state index in [9.17, 15) is 4.79 Å². The number of rotatable bonds is 4. The summed E-state index contributed by atoms with van der Waals surface area (Å²) >= 11 is 1.99. The molecule has 2 heteroatoms. The first-order valence-corrected chi connectivity index (χ1v) is 6.87. The zero-order valence-corrected chi connectivity index (χ0v) is 10.6. The van der Waals surface area contributed by atoms with E-state index >= 15 is 0 Å². The Morgan fingerprint density at radius 3 is 2.44 bits per heavy atom. The third kappa shape index (κ3) is 3.38. The summed E-state index contributed by atoms with van der Waals surface area (Å²) in [6.07, 6.45) is 6.06. The summed E-state index contributed by atoms with van der Waals surface area (Å²) in [6.45, 7) is 1.64. The molecule has 0 heterocycles. The molecule has 0 aliphatic heterocycles. The van der Waals surface area contributed by atoms with Gasteiger partial charge in [0.1, 0.15) is 5.78 Å². The molecule has 0 amide bonds. The fraction of sp³-hybridized carbons (Fsp3) is 0.500. The van der Waals surface area contributed by atoms with Crippen LogP contribution in [0.1, 0.15) is 38.2 Å². The first-order valence-electron chi connectivity index (χ1n) is 5.99. The van der Waals surface area contributed by atoms with Gasteiger partial charge in [-0.3, -0.25) is 4.79 Å². The number of hydrogen-bond acceptors (Lipinski definition) is 2. The number of carbonyl (C=O) groups is 1. The second-order valence-electron chi connectivity index (χ2n) is 4.55. The van der Waals surface area contributed by atoms with Crippen LogP contribution in [0.25, 0.3) is 0 Å².